The van der Waals surface area contributed by atoms with Crippen LogP contribution in [0.3, 0.4) is 0 Å². The van der Waals surface area contributed by atoms with Crippen LogP contribution in [0, 0.1) is 6.92 Å². The first-order chi connectivity index (χ1) is 18.7. The van der Waals surface area contributed by atoms with Crippen molar-refractivity contribution in [3.05, 3.63) is 83.8 Å². The highest BCUT2D eigenvalue weighted by atomic mass is 16.5. The van der Waals surface area contributed by atoms with E-state index >= 15 is 0 Å². The van der Waals surface area contributed by atoms with Crippen molar-refractivity contribution in [2.24, 2.45) is 0 Å². The monoisotopic (exact) mass is 519 g/mol. The summed E-state index contributed by atoms with van der Waals surface area (Å²) >= 11 is 0. The van der Waals surface area contributed by atoms with Crippen molar-refractivity contribution in [1.29, 1.82) is 0 Å². The predicted octanol–water partition coefficient (Wildman–Crippen LogP) is 6.70. The average Bonchev–Trinajstić information content (AvgIpc) is 2.91. The molecular weight excluding hydrogens is 490 g/mol. The minimum atomic E-state index is -1.19. The summed E-state index contributed by atoms with van der Waals surface area (Å²) in [6.07, 6.45) is 4.92. The third-order valence-corrected chi connectivity index (χ3v) is 7.00. The number of ether oxygens (including phenoxy) is 2. The van der Waals surface area contributed by atoms with E-state index in [0.29, 0.717) is 12.2 Å². The minimum Gasteiger partial charge on any atom is -0.493 e. The van der Waals surface area contributed by atoms with Crippen LogP contribution in [0.25, 0.3) is 44.2 Å². The largest absolute Gasteiger partial charge is 0.493 e. The van der Waals surface area contributed by atoms with Gasteiger partial charge in [0.1, 0.15) is 5.75 Å². The van der Waals surface area contributed by atoms with Gasteiger partial charge in [0.25, 0.3) is 0 Å². The van der Waals surface area contributed by atoms with Crippen molar-refractivity contribution in [3.63, 3.8) is 0 Å². The third kappa shape index (κ3) is 4.49. The van der Waals surface area contributed by atoms with Gasteiger partial charge in [0, 0.05) is 52.5 Å². The molecule has 0 saturated heterocycles. The molecule has 0 fully saturated rings. The standard InChI is InChI=1S/C32H29N3O4/c1-18-16-24-21(7-9-23(35-24)20-6-5-13-33-17-20)28(26(18)30(31(36)37)39-32(2,3)4)22-8-10-25-27-19(12-15-38-25)11-14-34-29(22)27/h5-11,13-14,16-17,30H,12,15H2,1-4H3,(H,36,37). The number of pyridine rings is 3. The van der Waals surface area contributed by atoms with Crippen molar-refractivity contribution in [1.82, 2.24) is 15.0 Å². The van der Waals surface area contributed by atoms with Gasteiger partial charge >= 0.3 is 5.97 Å². The molecule has 4 heterocycles. The molecule has 3 aromatic heterocycles. The normalized spacial score (nSPS) is 13.8. The van der Waals surface area contributed by atoms with Gasteiger partial charge in [-0.3, -0.25) is 9.97 Å². The van der Waals surface area contributed by atoms with Crippen LogP contribution in [0.5, 0.6) is 5.75 Å². The van der Waals surface area contributed by atoms with Crippen LogP contribution in [0.15, 0.2) is 67.1 Å². The van der Waals surface area contributed by atoms with E-state index in [2.05, 4.69) is 4.98 Å². The summed E-state index contributed by atoms with van der Waals surface area (Å²) in [6, 6.07) is 15.7. The van der Waals surface area contributed by atoms with Crippen LogP contribution < -0.4 is 4.74 Å². The van der Waals surface area contributed by atoms with Crippen molar-refractivity contribution < 1.29 is 19.4 Å². The Labute approximate surface area is 226 Å². The van der Waals surface area contributed by atoms with E-state index in [0.717, 1.165) is 61.9 Å². The van der Waals surface area contributed by atoms with Crippen molar-refractivity contribution in [2.45, 2.75) is 45.8 Å². The lowest BCUT2D eigenvalue weighted by molar-refractivity contribution is -0.160. The summed E-state index contributed by atoms with van der Waals surface area (Å²) < 4.78 is 12.2. The highest BCUT2D eigenvalue weighted by molar-refractivity contribution is 6.08. The Morgan fingerprint density at radius 1 is 1.10 bits per heavy atom. The summed E-state index contributed by atoms with van der Waals surface area (Å²) in [5, 5.41) is 12.2. The molecule has 1 unspecified atom stereocenters. The van der Waals surface area contributed by atoms with Crippen LogP contribution in [-0.4, -0.2) is 38.2 Å². The second-order valence-corrected chi connectivity index (χ2v) is 10.8. The molecule has 0 saturated carbocycles. The van der Waals surface area contributed by atoms with E-state index < -0.39 is 17.7 Å². The molecule has 0 bridgehead atoms. The molecule has 0 radical (unpaired) electrons. The SMILES string of the molecule is Cc1cc2nc(-c3cccnc3)ccc2c(-c2ccc3c4c(ccnc24)CCO3)c1C(OC(C)(C)C)C(=O)O. The number of carboxylic acid groups (broad SMARTS) is 1. The quantitative estimate of drug-likeness (QED) is 0.276. The number of hydrogen-bond acceptors (Lipinski definition) is 6. The summed E-state index contributed by atoms with van der Waals surface area (Å²) in [6.45, 7) is 8.12. The molecule has 196 valence electrons. The fourth-order valence-corrected chi connectivity index (χ4v) is 5.41. The Balaban J connectivity index is 1.70. The van der Waals surface area contributed by atoms with E-state index in [1.807, 2.05) is 82.4 Å². The average molecular weight is 520 g/mol. The maximum Gasteiger partial charge on any atom is 0.337 e. The first-order valence-electron chi connectivity index (χ1n) is 13.0. The van der Waals surface area contributed by atoms with E-state index in [1.165, 1.54) is 5.56 Å². The van der Waals surface area contributed by atoms with Gasteiger partial charge in [0.15, 0.2) is 6.10 Å². The number of aromatic nitrogens is 3. The molecular formula is C32H29N3O4. The predicted molar refractivity (Wildman–Crippen MR) is 151 cm³/mol. The zero-order chi connectivity index (χ0) is 27.3. The summed E-state index contributed by atoms with van der Waals surface area (Å²) in [7, 11) is 0. The number of rotatable bonds is 5. The van der Waals surface area contributed by atoms with Gasteiger partial charge in [-0.1, -0.05) is 6.07 Å². The molecule has 7 heteroatoms. The Morgan fingerprint density at radius 3 is 2.69 bits per heavy atom. The van der Waals surface area contributed by atoms with Crippen LogP contribution >= 0.6 is 0 Å². The maximum absolute atomic E-state index is 12.7. The van der Waals surface area contributed by atoms with E-state index in [1.54, 1.807) is 12.4 Å². The molecule has 7 nitrogen and oxygen atoms in total. The Kier molecular flexibility index (Phi) is 6.03. The Bertz CT molecular complexity index is 1730. The van der Waals surface area contributed by atoms with Crippen molar-refractivity contribution in [2.75, 3.05) is 6.61 Å². The number of nitrogens with zero attached hydrogens (tertiary/aromatic N) is 3. The second kappa shape index (κ2) is 9.43. The number of fused-ring (bicyclic) bond motifs is 1. The van der Waals surface area contributed by atoms with E-state index in [9.17, 15) is 9.90 Å². The van der Waals surface area contributed by atoms with Crippen LogP contribution in [0.4, 0.5) is 0 Å². The zero-order valence-corrected chi connectivity index (χ0v) is 22.4. The number of hydrogen-bond donors (Lipinski definition) is 1. The van der Waals surface area contributed by atoms with Gasteiger partial charge < -0.3 is 14.6 Å². The van der Waals surface area contributed by atoms with Crippen LogP contribution in [0.1, 0.15) is 43.6 Å². The molecule has 1 atom stereocenters. The van der Waals surface area contributed by atoms with Gasteiger partial charge in [0.05, 0.1) is 28.9 Å². The Morgan fingerprint density at radius 2 is 1.95 bits per heavy atom. The molecule has 1 aliphatic rings. The van der Waals surface area contributed by atoms with Crippen LogP contribution in [0.2, 0.25) is 0 Å². The highest BCUT2D eigenvalue weighted by Crippen LogP contribution is 2.45. The molecule has 0 spiro atoms. The molecule has 39 heavy (non-hydrogen) atoms. The number of aryl methyl sites for hydroxylation is 1. The van der Waals surface area contributed by atoms with Gasteiger partial charge in [-0.2, -0.15) is 0 Å². The molecule has 1 N–H and O–H groups in total. The van der Waals surface area contributed by atoms with Gasteiger partial charge in [-0.15, -0.1) is 0 Å². The van der Waals surface area contributed by atoms with Crippen molar-refractivity contribution in [3.8, 4) is 28.1 Å². The molecule has 2 aromatic carbocycles. The molecule has 0 amide bonds. The first-order valence-corrected chi connectivity index (χ1v) is 13.0. The number of carbonyl (C=O) groups is 1. The highest BCUT2D eigenvalue weighted by Gasteiger charge is 2.33. The molecule has 0 aliphatic carbocycles. The van der Waals surface area contributed by atoms with Crippen LogP contribution in [-0.2, 0) is 16.0 Å². The van der Waals surface area contributed by atoms with Crippen molar-refractivity contribution >= 4 is 27.8 Å². The van der Waals surface area contributed by atoms with Gasteiger partial charge in [-0.25, -0.2) is 9.78 Å². The maximum atomic E-state index is 12.7. The summed E-state index contributed by atoms with van der Waals surface area (Å²) in [4.78, 5) is 26.7. The van der Waals surface area contributed by atoms with E-state index in [-0.39, 0.29) is 0 Å². The minimum absolute atomic E-state index is 0.597. The number of aliphatic carboxylic acids is 1. The smallest absolute Gasteiger partial charge is 0.337 e. The summed E-state index contributed by atoms with van der Waals surface area (Å²) in [5.74, 6) is -0.257. The third-order valence-electron chi connectivity index (χ3n) is 7.00. The number of benzene rings is 2. The molecule has 1 aliphatic heterocycles. The fourth-order valence-electron chi connectivity index (χ4n) is 5.41. The lowest BCUT2D eigenvalue weighted by atomic mass is 9.86. The van der Waals surface area contributed by atoms with Gasteiger partial charge in [-0.05, 0) is 86.8 Å². The van der Waals surface area contributed by atoms with E-state index in [4.69, 9.17) is 19.4 Å². The summed E-state index contributed by atoms with van der Waals surface area (Å²) in [5.41, 5.74) is 6.66. The zero-order valence-electron chi connectivity index (χ0n) is 22.4. The molecule has 5 aromatic rings. The second-order valence-electron chi connectivity index (χ2n) is 10.8. The van der Waals surface area contributed by atoms with Gasteiger partial charge in [0.2, 0.25) is 0 Å². The number of carboxylic acids is 1. The molecule has 6 rings (SSSR count). The topological polar surface area (TPSA) is 94.4 Å². The fraction of sp³-hybridized carbons (Fsp3) is 0.250. The Hall–Kier alpha value is -4.36. The first kappa shape index (κ1) is 24.9. The lowest BCUT2D eigenvalue weighted by Crippen LogP contribution is -2.28. The lowest BCUT2D eigenvalue weighted by Gasteiger charge is -2.29.